The van der Waals surface area contributed by atoms with Crippen molar-refractivity contribution in [1.82, 2.24) is 19.7 Å². The van der Waals surface area contributed by atoms with Crippen LogP contribution in [0.25, 0.3) is 17.2 Å². The van der Waals surface area contributed by atoms with Crippen LogP contribution >= 0.6 is 11.8 Å². The van der Waals surface area contributed by atoms with Crippen LogP contribution in [0.2, 0.25) is 0 Å². The molecule has 0 bridgehead atoms. The highest BCUT2D eigenvalue weighted by Gasteiger charge is 2.21. The molecule has 0 aliphatic heterocycles. The summed E-state index contributed by atoms with van der Waals surface area (Å²) in [4.78, 5) is 16.2. The fraction of sp³-hybridized carbons (Fsp3) is 0.167. The number of hydrogen-bond acceptors (Lipinski definition) is 7. The van der Waals surface area contributed by atoms with Crippen LogP contribution in [0.4, 0.5) is 0 Å². The number of esters is 1. The van der Waals surface area contributed by atoms with E-state index in [2.05, 4.69) is 15.2 Å². The number of hydrogen-bond donors (Lipinski definition) is 0. The lowest BCUT2D eigenvalue weighted by molar-refractivity contribution is -0.145. The van der Waals surface area contributed by atoms with E-state index >= 15 is 0 Å². The SMILES string of the molecule is COc1ccc([C@H](CSc2nnc(-c3ccccn3)n2-c2ccccc2)OC(C)=O)cc1. The lowest BCUT2D eigenvalue weighted by atomic mass is 10.1. The first kappa shape index (κ1) is 21.6. The second kappa shape index (κ2) is 10.1. The Morgan fingerprint density at radius 1 is 1.00 bits per heavy atom. The van der Waals surface area contributed by atoms with Gasteiger partial charge in [-0.05, 0) is 42.0 Å². The Bertz CT molecular complexity index is 1170. The van der Waals surface area contributed by atoms with Crippen LogP contribution in [-0.4, -0.2) is 38.6 Å². The van der Waals surface area contributed by atoms with Gasteiger partial charge in [-0.2, -0.15) is 0 Å². The van der Waals surface area contributed by atoms with Crippen LogP contribution in [0.15, 0.2) is 84.1 Å². The Morgan fingerprint density at radius 2 is 1.75 bits per heavy atom. The molecule has 2 aromatic carbocycles. The number of para-hydroxylation sites is 1. The van der Waals surface area contributed by atoms with E-state index in [1.54, 1.807) is 13.3 Å². The molecule has 162 valence electrons. The molecule has 8 heteroatoms. The summed E-state index contributed by atoms with van der Waals surface area (Å²) in [5.74, 6) is 1.52. The summed E-state index contributed by atoms with van der Waals surface area (Å²) >= 11 is 1.47. The number of pyridine rings is 1. The van der Waals surface area contributed by atoms with Crippen LogP contribution in [0.1, 0.15) is 18.6 Å². The fourth-order valence-corrected chi connectivity index (χ4v) is 4.18. The minimum atomic E-state index is -0.442. The summed E-state index contributed by atoms with van der Waals surface area (Å²) < 4.78 is 12.8. The Balaban J connectivity index is 1.65. The van der Waals surface area contributed by atoms with Crippen molar-refractivity contribution in [3.8, 4) is 23.0 Å². The van der Waals surface area contributed by atoms with Gasteiger partial charge < -0.3 is 9.47 Å². The Kier molecular flexibility index (Phi) is 6.81. The monoisotopic (exact) mass is 446 g/mol. The number of carbonyl (C=O) groups excluding carboxylic acids is 1. The predicted octanol–water partition coefficient (Wildman–Crippen LogP) is 4.73. The number of thioether (sulfide) groups is 1. The topological polar surface area (TPSA) is 79.1 Å². The molecule has 0 amide bonds. The molecule has 0 aliphatic carbocycles. The van der Waals surface area contributed by atoms with Gasteiger partial charge in [-0.25, -0.2) is 0 Å². The van der Waals surface area contributed by atoms with E-state index in [1.165, 1.54) is 18.7 Å². The normalized spacial score (nSPS) is 11.7. The van der Waals surface area contributed by atoms with E-state index in [1.807, 2.05) is 77.4 Å². The molecule has 4 rings (SSSR count). The highest BCUT2D eigenvalue weighted by Crippen LogP contribution is 2.31. The third kappa shape index (κ3) is 4.97. The zero-order chi connectivity index (χ0) is 22.3. The van der Waals surface area contributed by atoms with Crippen LogP contribution in [0.3, 0.4) is 0 Å². The van der Waals surface area contributed by atoms with Crippen molar-refractivity contribution < 1.29 is 14.3 Å². The number of rotatable bonds is 8. The summed E-state index contributed by atoms with van der Waals surface area (Å²) in [5.41, 5.74) is 2.53. The molecule has 7 nitrogen and oxygen atoms in total. The standard InChI is InChI=1S/C24H22N4O3S/c1-17(29)31-22(18-11-13-20(30-2)14-12-18)16-32-24-27-26-23(21-10-6-7-15-25-21)28(24)19-8-4-3-5-9-19/h3-15,22H,16H2,1-2H3/t22-/m0/s1. The molecule has 0 fully saturated rings. The number of aromatic nitrogens is 4. The van der Waals surface area contributed by atoms with E-state index < -0.39 is 6.10 Å². The molecule has 0 saturated heterocycles. The minimum absolute atomic E-state index is 0.342. The van der Waals surface area contributed by atoms with Gasteiger partial charge in [0.15, 0.2) is 11.0 Å². The number of ether oxygens (including phenoxy) is 2. The third-order valence-corrected chi connectivity index (χ3v) is 5.69. The van der Waals surface area contributed by atoms with Crippen LogP contribution in [0, 0.1) is 0 Å². The zero-order valence-electron chi connectivity index (χ0n) is 17.7. The second-order valence-electron chi connectivity index (χ2n) is 6.87. The molecule has 0 spiro atoms. The molecule has 0 unspecified atom stereocenters. The average Bonchev–Trinajstić information content (AvgIpc) is 3.27. The lowest BCUT2D eigenvalue weighted by Crippen LogP contribution is -2.11. The largest absolute Gasteiger partial charge is 0.497 e. The van der Waals surface area contributed by atoms with E-state index in [9.17, 15) is 4.79 Å². The first-order chi connectivity index (χ1) is 15.7. The fourth-order valence-electron chi connectivity index (χ4n) is 3.20. The summed E-state index contributed by atoms with van der Waals surface area (Å²) in [6.45, 7) is 1.41. The second-order valence-corrected chi connectivity index (χ2v) is 7.86. The molecular weight excluding hydrogens is 424 g/mol. The lowest BCUT2D eigenvalue weighted by Gasteiger charge is -2.18. The molecule has 0 saturated carbocycles. The molecule has 0 N–H and O–H groups in total. The maximum atomic E-state index is 11.7. The quantitative estimate of drug-likeness (QED) is 0.286. The summed E-state index contributed by atoms with van der Waals surface area (Å²) in [6, 6.07) is 23.0. The third-order valence-electron chi connectivity index (χ3n) is 4.70. The number of benzene rings is 2. The van der Waals surface area contributed by atoms with Gasteiger partial charge >= 0.3 is 5.97 Å². The highest BCUT2D eigenvalue weighted by molar-refractivity contribution is 7.99. The molecule has 2 heterocycles. The molecule has 2 aromatic heterocycles. The van der Waals surface area contributed by atoms with Gasteiger partial charge in [0.25, 0.3) is 0 Å². The van der Waals surface area contributed by atoms with Crippen molar-refractivity contribution in [3.05, 3.63) is 84.6 Å². The van der Waals surface area contributed by atoms with Crippen LogP contribution in [-0.2, 0) is 9.53 Å². The van der Waals surface area contributed by atoms with E-state index in [0.717, 1.165) is 22.7 Å². The summed E-state index contributed by atoms with van der Waals surface area (Å²) in [5, 5.41) is 9.50. The molecule has 4 aromatic rings. The van der Waals surface area contributed by atoms with Crippen LogP contribution < -0.4 is 4.74 Å². The average molecular weight is 447 g/mol. The molecule has 1 atom stereocenters. The van der Waals surface area contributed by atoms with Crippen molar-refractivity contribution in [1.29, 1.82) is 0 Å². The van der Waals surface area contributed by atoms with Gasteiger partial charge in [0.05, 0.1) is 7.11 Å². The van der Waals surface area contributed by atoms with Gasteiger partial charge in [-0.3, -0.25) is 14.3 Å². The van der Waals surface area contributed by atoms with Gasteiger partial charge in [-0.1, -0.05) is 48.2 Å². The Morgan fingerprint density at radius 3 is 2.41 bits per heavy atom. The summed E-state index contributed by atoms with van der Waals surface area (Å²) in [7, 11) is 1.62. The molecule has 32 heavy (non-hydrogen) atoms. The van der Waals surface area contributed by atoms with Crippen molar-refractivity contribution in [3.63, 3.8) is 0 Å². The van der Waals surface area contributed by atoms with Crippen molar-refractivity contribution in [2.75, 3.05) is 12.9 Å². The number of carbonyl (C=O) groups is 1. The highest BCUT2D eigenvalue weighted by atomic mass is 32.2. The molecule has 0 radical (unpaired) electrons. The van der Waals surface area contributed by atoms with Crippen LogP contribution in [0.5, 0.6) is 5.75 Å². The van der Waals surface area contributed by atoms with Gasteiger partial charge in [0.1, 0.15) is 17.5 Å². The number of methoxy groups -OCH3 is 1. The maximum Gasteiger partial charge on any atom is 0.303 e. The van der Waals surface area contributed by atoms with Crippen molar-refractivity contribution in [2.24, 2.45) is 0 Å². The predicted molar refractivity (Wildman–Crippen MR) is 123 cm³/mol. The number of nitrogens with zero attached hydrogens (tertiary/aromatic N) is 4. The van der Waals surface area contributed by atoms with Gasteiger partial charge in [-0.15, -0.1) is 10.2 Å². The Labute approximate surface area is 190 Å². The van der Waals surface area contributed by atoms with E-state index in [4.69, 9.17) is 9.47 Å². The first-order valence-corrected chi connectivity index (χ1v) is 11.0. The maximum absolute atomic E-state index is 11.7. The molecular formula is C24H22N4O3S. The van der Waals surface area contributed by atoms with Gasteiger partial charge in [0, 0.05) is 24.6 Å². The van der Waals surface area contributed by atoms with Crippen molar-refractivity contribution >= 4 is 17.7 Å². The van der Waals surface area contributed by atoms with Gasteiger partial charge in [0.2, 0.25) is 0 Å². The van der Waals surface area contributed by atoms with E-state index in [-0.39, 0.29) is 5.97 Å². The van der Waals surface area contributed by atoms with Crippen molar-refractivity contribution in [2.45, 2.75) is 18.2 Å². The van der Waals surface area contributed by atoms with E-state index in [0.29, 0.717) is 16.7 Å². The Hall–Kier alpha value is -3.65. The molecule has 0 aliphatic rings. The zero-order valence-corrected chi connectivity index (χ0v) is 18.5. The minimum Gasteiger partial charge on any atom is -0.497 e. The first-order valence-electron chi connectivity index (χ1n) is 10.0. The summed E-state index contributed by atoms with van der Waals surface area (Å²) in [6.07, 6.45) is 1.29. The smallest absolute Gasteiger partial charge is 0.303 e.